The third-order valence-electron chi connectivity index (χ3n) is 3.86. The van der Waals surface area contributed by atoms with Gasteiger partial charge in [-0.15, -0.1) is 0 Å². The molecule has 0 aliphatic heterocycles. The van der Waals surface area contributed by atoms with Crippen molar-refractivity contribution >= 4 is 13.9 Å². The Bertz CT molecular complexity index is 461. The van der Waals surface area contributed by atoms with Crippen LogP contribution in [0.4, 0.5) is 23.2 Å². The molecule has 0 fully saturated rings. The smallest absolute Gasteiger partial charge is 0.199 e. The van der Waals surface area contributed by atoms with Crippen molar-refractivity contribution in [2.75, 3.05) is 4.98 Å². The molecule has 1 N–H and O–H groups in total. The van der Waals surface area contributed by atoms with Gasteiger partial charge in [-0.2, -0.15) is 0 Å². The molecule has 0 heterocycles. The monoisotopic (exact) mass is 307 g/mol. The predicted molar refractivity (Wildman–Crippen MR) is 76.3 cm³/mol. The molecule has 1 nitrogen and oxygen atoms in total. The number of hydrogen-bond acceptors (Lipinski definition) is 1. The third-order valence-corrected chi connectivity index (χ3v) is 8.68. The first-order chi connectivity index (χ1) is 9.40. The minimum Gasteiger partial charge on any atom is -0.408 e. The zero-order chi connectivity index (χ0) is 15.3. The second kappa shape index (κ2) is 7.11. The van der Waals surface area contributed by atoms with Crippen LogP contribution in [0.25, 0.3) is 0 Å². The van der Waals surface area contributed by atoms with Crippen LogP contribution in [0.5, 0.6) is 0 Å². The highest BCUT2D eigenvalue weighted by molar-refractivity contribution is 6.82. The number of hydrogen-bond donors (Lipinski definition) is 1. The molecular formula is C14H21F4NSi. The quantitative estimate of drug-likeness (QED) is 0.306. The van der Waals surface area contributed by atoms with E-state index in [1.54, 1.807) is 0 Å². The van der Waals surface area contributed by atoms with Gasteiger partial charge in [-0.25, -0.2) is 17.6 Å². The summed E-state index contributed by atoms with van der Waals surface area (Å²) in [7, 11) is -2.05. The molecule has 1 rings (SSSR count). The zero-order valence-electron chi connectivity index (χ0n) is 12.1. The largest absolute Gasteiger partial charge is 0.408 e. The van der Waals surface area contributed by atoms with Crippen LogP contribution >= 0.6 is 0 Å². The Hall–Kier alpha value is -1.04. The van der Waals surface area contributed by atoms with Crippen molar-refractivity contribution in [3.63, 3.8) is 0 Å². The molecule has 0 atom stereocenters. The lowest BCUT2D eigenvalue weighted by atomic mass is 10.3. The number of unbranched alkanes of at least 4 members (excludes halogenated alkanes) is 1. The minimum atomic E-state index is -2.05. The first-order valence-corrected chi connectivity index (χ1v) is 9.64. The van der Waals surface area contributed by atoms with E-state index in [0.29, 0.717) is 6.07 Å². The summed E-state index contributed by atoms with van der Waals surface area (Å²) < 4.78 is 53.2. The predicted octanol–water partition coefficient (Wildman–Crippen LogP) is 5.44. The molecule has 0 saturated carbocycles. The molecule has 0 spiro atoms. The Kier molecular flexibility index (Phi) is 6.04. The zero-order valence-corrected chi connectivity index (χ0v) is 13.1. The molecule has 0 aromatic heterocycles. The van der Waals surface area contributed by atoms with Crippen LogP contribution in [0.3, 0.4) is 0 Å². The van der Waals surface area contributed by atoms with Crippen molar-refractivity contribution < 1.29 is 17.6 Å². The lowest BCUT2D eigenvalue weighted by Crippen LogP contribution is -2.42. The van der Waals surface area contributed by atoms with Gasteiger partial charge in [0.25, 0.3) is 0 Å². The van der Waals surface area contributed by atoms with Crippen molar-refractivity contribution in [3.05, 3.63) is 29.3 Å². The Morgan fingerprint density at radius 3 is 2.05 bits per heavy atom. The van der Waals surface area contributed by atoms with Gasteiger partial charge in [0.2, 0.25) is 0 Å². The molecular weight excluding hydrogens is 286 g/mol. The lowest BCUT2D eigenvalue weighted by Gasteiger charge is -2.31. The fourth-order valence-corrected chi connectivity index (χ4v) is 5.78. The third kappa shape index (κ3) is 3.53. The average Bonchev–Trinajstić information content (AvgIpc) is 2.46. The van der Waals surface area contributed by atoms with E-state index >= 15 is 0 Å². The van der Waals surface area contributed by atoms with Gasteiger partial charge in [0.05, 0.1) is 5.69 Å². The number of benzene rings is 1. The number of halogens is 4. The van der Waals surface area contributed by atoms with Gasteiger partial charge in [-0.05, 0) is 18.1 Å². The first-order valence-electron chi connectivity index (χ1n) is 7.02. The number of rotatable bonds is 7. The summed E-state index contributed by atoms with van der Waals surface area (Å²) in [6.07, 6.45) is 1.99. The van der Waals surface area contributed by atoms with Crippen molar-refractivity contribution in [1.82, 2.24) is 0 Å². The molecule has 1 aromatic carbocycles. The SMILES string of the molecule is CCCC[Si](CC)(CC)Nc1cc(F)c(F)c(F)c1F. The normalized spacial score (nSPS) is 11.8. The van der Waals surface area contributed by atoms with Crippen LogP contribution in [0.15, 0.2) is 6.07 Å². The van der Waals surface area contributed by atoms with Gasteiger partial charge < -0.3 is 4.98 Å². The van der Waals surface area contributed by atoms with Crippen LogP contribution in [0.2, 0.25) is 18.1 Å². The fraction of sp³-hybridized carbons (Fsp3) is 0.571. The summed E-state index contributed by atoms with van der Waals surface area (Å²) in [6, 6.07) is 3.26. The van der Waals surface area contributed by atoms with Gasteiger partial charge in [-0.3, -0.25) is 0 Å². The standard InChI is InChI=1S/C14H21F4NSi/c1-4-7-8-20(5-2,6-3)19-11-9-10(15)12(16)14(18)13(11)17/h9,19H,4-8H2,1-3H3. The molecule has 0 unspecified atom stereocenters. The average molecular weight is 307 g/mol. The summed E-state index contributed by atoms with van der Waals surface area (Å²) in [5, 5.41) is 0. The summed E-state index contributed by atoms with van der Waals surface area (Å²) in [5.41, 5.74) is -0.257. The molecule has 0 bridgehead atoms. The van der Waals surface area contributed by atoms with E-state index in [4.69, 9.17) is 0 Å². The number of nitrogens with one attached hydrogen (secondary N) is 1. The maximum atomic E-state index is 13.7. The molecule has 0 amide bonds. The van der Waals surface area contributed by atoms with E-state index in [1.165, 1.54) is 0 Å². The molecule has 0 aliphatic carbocycles. The Labute approximate surface area is 118 Å². The highest BCUT2D eigenvalue weighted by atomic mass is 28.3. The van der Waals surface area contributed by atoms with E-state index in [2.05, 4.69) is 11.9 Å². The molecule has 114 valence electrons. The van der Waals surface area contributed by atoms with E-state index in [-0.39, 0.29) is 5.69 Å². The van der Waals surface area contributed by atoms with Crippen molar-refractivity contribution in [3.8, 4) is 0 Å². The van der Waals surface area contributed by atoms with Crippen LogP contribution in [-0.4, -0.2) is 8.24 Å². The Morgan fingerprint density at radius 1 is 0.950 bits per heavy atom. The second-order valence-corrected chi connectivity index (χ2v) is 9.79. The fourth-order valence-electron chi connectivity index (χ4n) is 2.31. The van der Waals surface area contributed by atoms with Gasteiger partial charge in [0, 0.05) is 6.07 Å². The maximum Gasteiger partial charge on any atom is 0.199 e. The van der Waals surface area contributed by atoms with E-state index in [1.807, 2.05) is 13.8 Å². The molecule has 1 aromatic rings. The van der Waals surface area contributed by atoms with Gasteiger partial charge in [-0.1, -0.05) is 33.6 Å². The first kappa shape index (κ1) is 17.0. The molecule has 6 heteroatoms. The van der Waals surface area contributed by atoms with E-state index < -0.39 is 31.5 Å². The van der Waals surface area contributed by atoms with Crippen molar-refractivity contribution in [1.29, 1.82) is 0 Å². The van der Waals surface area contributed by atoms with Crippen LogP contribution in [-0.2, 0) is 0 Å². The Morgan fingerprint density at radius 2 is 1.55 bits per heavy atom. The van der Waals surface area contributed by atoms with Gasteiger partial charge >= 0.3 is 0 Å². The molecule has 0 saturated heterocycles. The topological polar surface area (TPSA) is 12.0 Å². The van der Waals surface area contributed by atoms with E-state index in [9.17, 15) is 17.6 Å². The van der Waals surface area contributed by atoms with Crippen LogP contribution in [0.1, 0.15) is 33.6 Å². The van der Waals surface area contributed by atoms with E-state index in [0.717, 1.165) is 31.0 Å². The maximum absolute atomic E-state index is 13.7. The van der Waals surface area contributed by atoms with Crippen LogP contribution in [0, 0.1) is 23.3 Å². The van der Waals surface area contributed by atoms with Crippen LogP contribution < -0.4 is 4.98 Å². The summed E-state index contributed by atoms with van der Waals surface area (Å²) in [4.78, 5) is 3.02. The second-order valence-electron chi connectivity index (χ2n) is 5.06. The van der Waals surface area contributed by atoms with Crippen molar-refractivity contribution in [2.45, 2.75) is 51.7 Å². The minimum absolute atomic E-state index is 0.257. The summed E-state index contributed by atoms with van der Waals surface area (Å²) >= 11 is 0. The lowest BCUT2D eigenvalue weighted by molar-refractivity contribution is 0.411. The highest BCUT2D eigenvalue weighted by Crippen LogP contribution is 2.29. The Balaban J connectivity index is 3.11. The van der Waals surface area contributed by atoms with Gasteiger partial charge in [0.15, 0.2) is 31.5 Å². The summed E-state index contributed by atoms with van der Waals surface area (Å²) in [6.45, 7) is 6.04. The molecule has 0 radical (unpaired) electrons. The number of anilines is 1. The summed E-state index contributed by atoms with van der Waals surface area (Å²) in [5.74, 6) is -6.21. The highest BCUT2D eigenvalue weighted by Gasteiger charge is 2.31. The molecule has 0 aliphatic rings. The van der Waals surface area contributed by atoms with Gasteiger partial charge in [0.1, 0.15) is 0 Å². The van der Waals surface area contributed by atoms with Crippen molar-refractivity contribution in [2.24, 2.45) is 0 Å². The molecule has 20 heavy (non-hydrogen) atoms.